The quantitative estimate of drug-likeness (QED) is 0.869. The van der Waals surface area contributed by atoms with E-state index in [0.717, 1.165) is 16.7 Å². The smallest absolute Gasteiger partial charge is 0.229 e. The Labute approximate surface area is 126 Å². The molecule has 0 aromatic heterocycles. The second kappa shape index (κ2) is 5.60. The average Bonchev–Trinajstić information content (AvgIpc) is 2.35. The molecule has 4 heteroatoms. The molecule has 21 heavy (non-hydrogen) atoms. The molecule has 1 unspecified atom stereocenters. The van der Waals surface area contributed by atoms with Crippen molar-refractivity contribution in [3.63, 3.8) is 0 Å². The molecule has 1 fully saturated rings. The number of imide groups is 1. The number of aryl methyl sites for hydroxylation is 2. The number of amides is 2. The largest absolute Gasteiger partial charge is 0.322 e. The van der Waals surface area contributed by atoms with Gasteiger partial charge < -0.3 is 5.73 Å². The molecule has 0 saturated carbocycles. The Bertz CT molecular complexity index is 558. The van der Waals surface area contributed by atoms with Gasteiger partial charge in [-0.3, -0.25) is 14.5 Å². The molecule has 114 valence electrons. The average molecular weight is 288 g/mol. The Morgan fingerprint density at radius 3 is 2.33 bits per heavy atom. The van der Waals surface area contributed by atoms with Gasteiger partial charge in [-0.05, 0) is 30.4 Å². The fourth-order valence-corrected chi connectivity index (χ4v) is 2.87. The molecule has 2 amide bonds. The van der Waals surface area contributed by atoms with Gasteiger partial charge in [-0.15, -0.1) is 0 Å². The van der Waals surface area contributed by atoms with Crippen molar-refractivity contribution in [1.82, 2.24) is 4.90 Å². The number of likely N-dealkylation sites (tertiary alicyclic amines) is 1. The number of carbonyl (C=O) groups is 2. The number of nitrogens with zero attached hydrogens (tertiary/aromatic N) is 1. The van der Waals surface area contributed by atoms with Crippen LogP contribution >= 0.6 is 0 Å². The highest BCUT2D eigenvalue weighted by atomic mass is 16.2. The predicted octanol–water partition coefficient (Wildman–Crippen LogP) is 2.48. The van der Waals surface area contributed by atoms with Gasteiger partial charge >= 0.3 is 0 Å². The van der Waals surface area contributed by atoms with Crippen LogP contribution in [-0.2, 0) is 9.59 Å². The summed E-state index contributed by atoms with van der Waals surface area (Å²) in [5, 5.41) is 0. The summed E-state index contributed by atoms with van der Waals surface area (Å²) in [6.07, 6.45) is 0.802. The number of piperidine rings is 1. The van der Waals surface area contributed by atoms with Crippen molar-refractivity contribution >= 4 is 11.8 Å². The molecular formula is C17H24N2O2. The molecule has 2 N–H and O–H groups in total. The van der Waals surface area contributed by atoms with E-state index in [4.69, 9.17) is 5.73 Å². The normalized spacial score (nSPS) is 19.8. The first-order chi connectivity index (χ1) is 9.69. The van der Waals surface area contributed by atoms with Crippen molar-refractivity contribution in [3.05, 3.63) is 34.9 Å². The molecule has 1 aromatic carbocycles. The monoisotopic (exact) mass is 288 g/mol. The van der Waals surface area contributed by atoms with Crippen LogP contribution in [-0.4, -0.2) is 23.3 Å². The van der Waals surface area contributed by atoms with Gasteiger partial charge in [0.05, 0.1) is 0 Å². The van der Waals surface area contributed by atoms with Gasteiger partial charge in [0.1, 0.15) is 0 Å². The molecule has 1 aromatic rings. The lowest BCUT2D eigenvalue weighted by molar-refractivity contribution is -0.152. The molecule has 4 nitrogen and oxygen atoms in total. The van der Waals surface area contributed by atoms with Crippen molar-refractivity contribution in [1.29, 1.82) is 0 Å². The van der Waals surface area contributed by atoms with E-state index in [9.17, 15) is 9.59 Å². The van der Waals surface area contributed by atoms with Crippen LogP contribution in [0.1, 0.15) is 49.4 Å². The molecule has 0 spiro atoms. The Kier molecular flexibility index (Phi) is 4.19. The maximum absolute atomic E-state index is 12.2. The van der Waals surface area contributed by atoms with Crippen LogP contribution in [0.3, 0.4) is 0 Å². The van der Waals surface area contributed by atoms with E-state index < -0.39 is 0 Å². The SMILES string of the molecule is Cc1ccc(C)c(C(N)CN2C(=O)CC(C)(C)CC2=O)c1. The second-order valence-electron chi connectivity index (χ2n) is 6.88. The maximum atomic E-state index is 12.2. The van der Waals surface area contributed by atoms with Gasteiger partial charge in [0.2, 0.25) is 11.8 Å². The van der Waals surface area contributed by atoms with Gasteiger partial charge in [0.15, 0.2) is 0 Å². The molecule has 0 aliphatic carbocycles. The van der Waals surface area contributed by atoms with E-state index in [2.05, 4.69) is 0 Å². The van der Waals surface area contributed by atoms with Crippen LogP contribution in [0, 0.1) is 19.3 Å². The fraction of sp³-hybridized carbons (Fsp3) is 0.529. The first kappa shape index (κ1) is 15.7. The number of benzene rings is 1. The lowest BCUT2D eigenvalue weighted by Crippen LogP contribution is -2.48. The van der Waals surface area contributed by atoms with Crippen LogP contribution in [0.2, 0.25) is 0 Å². The van der Waals surface area contributed by atoms with Crippen molar-refractivity contribution < 1.29 is 9.59 Å². The van der Waals surface area contributed by atoms with E-state index in [1.807, 2.05) is 45.9 Å². The van der Waals surface area contributed by atoms with Gasteiger partial charge in [-0.2, -0.15) is 0 Å². The van der Waals surface area contributed by atoms with E-state index in [1.165, 1.54) is 4.90 Å². The summed E-state index contributed by atoms with van der Waals surface area (Å²) in [7, 11) is 0. The number of nitrogens with two attached hydrogens (primary N) is 1. The van der Waals surface area contributed by atoms with Crippen molar-refractivity contribution in [2.24, 2.45) is 11.1 Å². The molecule has 0 bridgehead atoms. The van der Waals surface area contributed by atoms with E-state index in [1.54, 1.807) is 0 Å². The third kappa shape index (κ3) is 3.50. The van der Waals surface area contributed by atoms with Crippen molar-refractivity contribution in [2.45, 2.75) is 46.6 Å². The molecule has 1 aliphatic rings. The van der Waals surface area contributed by atoms with Gasteiger partial charge in [0, 0.05) is 25.4 Å². The maximum Gasteiger partial charge on any atom is 0.229 e. The lowest BCUT2D eigenvalue weighted by Gasteiger charge is -2.36. The minimum absolute atomic E-state index is 0.114. The summed E-state index contributed by atoms with van der Waals surface area (Å²) >= 11 is 0. The van der Waals surface area contributed by atoms with Gasteiger partial charge in [-0.1, -0.05) is 37.6 Å². The van der Waals surface area contributed by atoms with Crippen LogP contribution < -0.4 is 5.73 Å². The van der Waals surface area contributed by atoms with Crippen LogP contribution in [0.25, 0.3) is 0 Å². The summed E-state index contributed by atoms with van der Waals surface area (Å²) in [6.45, 7) is 8.17. The van der Waals surface area contributed by atoms with E-state index in [-0.39, 0.29) is 29.8 Å². The van der Waals surface area contributed by atoms with Gasteiger partial charge in [0.25, 0.3) is 0 Å². The summed E-state index contributed by atoms with van der Waals surface area (Å²) in [6, 6.07) is 5.75. The zero-order valence-electron chi connectivity index (χ0n) is 13.3. The number of hydrogen-bond acceptors (Lipinski definition) is 3. The Balaban J connectivity index is 2.16. The number of hydrogen-bond donors (Lipinski definition) is 1. The summed E-state index contributed by atoms with van der Waals surface area (Å²) < 4.78 is 0. The minimum atomic E-state index is -0.334. The predicted molar refractivity (Wildman–Crippen MR) is 82.6 cm³/mol. The third-order valence-corrected chi connectivity index (χ3v) is 4.08. The van der Waals surface area contributed by atoms with Crippen LogP contribution in [0.5, 0.6) is 0 Å². The van der Waals surface area contributed by atoms with Crippen LogP contribution in [0.4, 0.5) is 0 Å². The van der Waals surface area contributed by atoms with Crippen LogP contribution in [0.15, 0.2) is 18.2 Å². The molecule has 2 rings (SSSR count). The Hall–Kier alpha value is -1.68. The first-order valence-corrected chi connectivity index (χ1v) is 7.35. The Morgan fingerprint density at radius 2 is 1.76 bits per heavy atom. The molecular weight excluding hydrogens is 264 g/mol. The summed E-state index contributed by atoms with van der Waals surface area (Å²) in [5.74, 6) is -0.228. The highest BCUT2D eigenvalue weighted by Gasteiger charge is 2.38. The van der Waals surface area contributed by atoms with Crippen molar-refractivity contribution in [3.8, 4) is 0 Å². The molecule has 1 aliphatic heterocycles. The summed E-state index contributed by atoms with van der Waals surface area (Å²) in [4.78, 5) is 25.7. The highest BCUT2D eigenvalue weighted by molar-refractivity contribution is 5.98. The zero-order chi connectivity index (χ0) is 15.8. The van der Waals surface area contributed by atoms with Gasteiger partial charge in [-0.25, -0.2) is 0 Å². The highest BCUT2D eigenvalue weighted by Crippen LogP contribution is 2.32. The Morgan fingerprint density at radius 1 is 1.19 bits per heavy atom. The zero-order valence-corrected chi connectivity index (χ0v) is 13.3. The summed E-state index contributed by atoms with van der Waals surface area (Å²) in [5.41, 5.74) is 9.22. The molecule has 1 heterocycles. The minimum Gasteiger partial charge on any atom is -0.322 e. The number of carbonyl (C=O) groups excluding carboxylic acids is 2. The molecule has 0 radical (unpaired) electrons. The van der Waals surface area contributed by atoms with E-state index in [0.29, 0.717) is 12.8 Å². The second-order valence-corrected chi connectivity index (χ2v) is 6.88. The molecule has 1 saturated heterocycles. The first-order valence-electron chi connectivity index (χ1n) is 7.35. The lowest BCUT2D eigenvalue weighted by atomic mass is 9.81. The third-order valence-electron chi connectivity index (χ3n) is 4.08. The number of rotatable bonds is 3. The topological polar surface area (TPSA) is 63.4 Å². The standard InChI is InChI=1S/C17H24N2O2/c1-11-5-6-12(2)13(7-11)14(18)10-19-15(20)8-17(3,4)9-16(19)21/h5-7,14H,8-10,18H2,1-4H3. The molecule has 1 atom stereocenters. The van der Waals surface area contributed by atoms with E-state index >= 15 is 0 Å². The van der Waals surface area contributed by atoms with Crippen molar-refractivity contribution in [2.75, 3.05) is 6.54 Å². The fourth-order valence-electron chi connectivity index (χ4n) is 2.87.